The standard InChI is InChI=1S/C25H33BN2O3/c1-23(2)24(3,4)31-26(30-23)19-10-13-22(27-16-19)25(29)14-20-11-12-21(15-25)28(20)17-18-8-6-5-7-9-18/h5-10,13,16,20-21,29H,11-12,14-15,17H2,1-4H3. The second-order valence-electron chi connectivity index (χ2n) is 10.5. The highest BCUT2D eigenvalue weighted by Crippen LogP contribution is 2.45. The first-order chi connectivity index (χ1) is 14.7. The number of benzene rings is 1. The fraction of sp³-hybridized carbons (Fsp3) is 0.560. The Morgan fingerprint density at radius 1 is 0.968 bits per heavy atom. The molecule has 0 radical (unpaired) electrons. The molecule has 3 saturated heterocycles. The van der Waals surface area contributed by atoms with Crippen LogP contribution in [-0.2, 0) is 21.5 Å². The second kappa shape index (κ2) is 7.41. The summed E-state index contributed by atoms with van der Waals surface area (Å²) in [6.45, 7) is 9.17. The molecule has 0 spiro atoms. The van der Waals surface area contributed by atoms with Crippen molar-refractivity contribution in [2.45, 2.75) is 88.8 Å². The van der Waals surface area contributed by atoms with Crippen molar-refractivity contribution >= 4 is 12.6 Å². The molecule has 3 fully saturated rings. The van der Waals surface area contributed by atoms with E-state index in [1.54, 1.807) is 0 Å². The molecular formula is C25H33BN2O3. The van der Waals surface area contributed by atoms with Gasteiger partial charge in [-0.1, -0.05) is 36.4 Å². The molecule has 31 heavy (non-hydrogen) atoms. The highest BCUT2D eigenvalue weighted by Gasteiger charge is 2.52. The first-order valence-electron chi connectivity index (χ1n) is 11.5. The zero-order chi connectivity index (χ0) is 21.9. The molecule has 3 aliphatic heterocycles. The summed E-state index contributed by atoms with van der Waals surface area (Å²) in [4.78, 5) is 7.28. The van der Waals surface area contributed by atoms with Crippen LogP contribution in [0.5, 0.6) is 0 Å². The van der Waals surface area contributed by atoms with Crippen LogP contribution in [0.4, 0.5) is 0 Å². The van der Waals surface area contributed by atoms with Crippen molar-refractivity contribution in [1.29, 1.82) is 0 Å². The first kappa shape index (κ1) is 21.1. The summed E-state index contributed by atoms with van der Waals surface area (Å²) < 4.78 is 12.3. The van der Waals surface area contributed by atoms with Crippen LogP contribution in [0.15, 0.2) is 48.7 Å². The fourth-order valence-corrected chi connectivity index (χ4v) is 5.38. The normalized spacial score (nSPS) is 31.8. The third-order valence-electron chi connectivity index (χ3n) is 7.91. The van der Waals surface area contributed by atoms with Gasteiger partial charge in [0.2, 0.25) is 0 Å². The van der Waals surface area contributed by atoms with Crippen molar-refractivity contribution in [3.05, 3.63) is 59.9 Å². The third kappa shape index (κ3) is 3.74. The maximum absolute atomic E-state index is 11.6. The van der Waals surface area contributed by atoms with Gasteiger partial charge in [-0.25, -0.2) is 0 Å². The highest BCUT2D eigenvalue weighted by atomic mass is 16.7. The van der Waals surface area contributed by atoms with Crippen LogP contribution in [0.3, 0.4) is 0 Å². The number of aliphatic hydroxyl groups is 1. The Morgan fingerprint density at radius 2 is 1.58 bits per heavy atom. The van der Waals surface area contributed by atoms with Gasteiger partial charge in [-0.2, -0.15) is 0 Å². The first-order valence-corrected chi connectivity index (χ1v) is 11.5. The van der Waals surface area contributed by atoms with Gasteiger partial charge in [0, 0.05) is 30.3 Å². The van der Waals surface area contributed by atoms with E-state index in [2.05, 4.69) is 62.9 Å². The van der Waals surface area contributed by atoms with E-state index in [9.17, 15) is 5.11 Å². The molecule has 1 N–H and O–H groups in total. The van der Waals surface area contributed by atoms with Crippen molar-refractivity contribution in [2.24, 2.45) is 0 Å². The predicted molar refractivity (Wildman–Crippen MR) is 122 cm³/mol. The van der Waals surface area contributed by atoms with Crippen LogP contribution in [-0.4, -0.2) is 45.4 Å². The quantitative estimate of drug-likeness (QED) is 0.769. The van der Waals surface area contributed by atoms with Crippen LogP contribution < -0.4 is 5.46 Å². The Bertz CT molecular complexity index is 902. The van der Waals surface area contributed by atoms with Gasteiger partial charge in [0.1, 0.15) is 5.60 Å². The van der Waals surface area contributed by atoms with E-state index in [1.165, 1.54) is 5.56 Å². The largest absolute Gasteiger partial charge is 0.496 e. The zero-order valence-electron chi connectivity index (χ0n) is 19.0. The number of piperidine rings is 1. The summed E-state index contributed by atoms with van der Waals surface area (Å²) in [6.07, 6.45) is 5.57. The Labute approximate surface area is 185 Å². The van der Waals surface area contributed by atoms with Gasteiger partial charge in [-0.3, -0.25) is 9.88 Å². The van der Waals surface area contributed by atoms with Crippen molar-refractivity contribution < 1.29 is 14.4 Å². The number of hydrogen-bond donors (Lipinski definition) is 1. The molecule has 5 rings (SSSR count). The molecule has 0 saturated carbocycles. The van der Waals surface area contributed by atoms with Crippen molar-refractivity contribution in [1.82, 2.24) is 9.88 Å². The lowest BCUT2D eigenvalue weighted by Crippen LogP contribution is -2.49. The molecule has 5 nitrogen and oxygen atoms in total. The molecule has 3 aliphatic rings. The third-order valence-corrected chi connectivity index (χ3v) is 7.91. The summed E-state index contributed by atoms with van der Waals surface area (Å²) in [6, 6.07) is 15.4. The molecule has 0 aliphatic carbocycles. The number of rotatable bonds is 4. The van der Waals surface area contributed by atoms with Gasteiger partial charge in [-0.05, 0) is 65.0 Å². The van der Waals surface area contributed by atoms with E-state index < -0.39 is 12.7 Å². The van der Waals surface area contributed by atoms with Crippen LogP contribution >= 0.6 is 0 Å². The number of nitrogens with zero attached hydrogens (tertiary/aromatic N) is 2. The Hall–Kier alpha value is -1.73. The molecule has 4 heterocycles. The van der Waals surface area contributed by atoms with Gasteiger partial charge in [0.15, 0.2) is 0 Å². The lowest BCUT2D eigenvalue weighted by atomic mass is 9.78. The van der Waals surface area contributed by atoms with E-state index in [1.807, 2.05) is 18.3 Å². The van der Waals surface area contributed by atoms with E-state index >= 15 is 0 Å². The molecule has 2 aromatic rings. The topological polar surface area (TPSA) is 54.8 Å². The number of aromatic nitrogens is 1. The van der Waals surface area contributed by atoms with E-state index in [0.29, 0.717) is 12.1 Å². The van der Waals surface area contributed by atoms with Crippen LogP contribution in [0.1, 0.15) is 64.6 Å². The second-order valence-corrected chi connectivity index (χ2v) is 10.5. The molecule has 2 unspecified atom stereocenters. The van der Waals surface area contributed by atoms with Crippen molar-refractivity contribution in [3.8, 4) is 0 Å². The summed E-state index contributed by atoms with van der Waals surface area (Å²) in [5.74, 6) is 0. The maximum atomic E-state index is 11.6. The molecule has 1 aromatic carbocycles. The molecule has 0 amide bonds. The predicted octanol–water partition coefficient (Wildman–Crippen LogP) is 3.40. The number of hydrogen-bond acceptors (Lipinski definition) is 5. The van der Waals surface area contributed by atoms with Gasteiger partial charge in [0.05, 0.1) is 16.9 Å². The fourth-order valence-electron chi connectivity index (χ4n) is 5.38. The van der Waals surface area contributed by atoms with Crippen LogP contribution in [0.2, 0.25) is 0 Å². The van der Waals surface area contributed by atoms with Crippen LogP contribution in [0, 0.1) is 0 Å². The summed E-state index contributed by atoms with van der Waals surface area (Å²) in [7, 11) is -0.426. The van der Waals surface area contributed by atoms with Gasteiger partial charge < -0.3 is 14.4 Å². The minimum atomic E-state index is -0.868. The summed E-state index contributed by atoms with van der Waals surface area (Å²) in [5.41, 5.74) is 1.39. The number of fused-ring (bicyclic) bond motifs is 2. The Balaban J connectivity index is 1.30. The SMILES string of the molecule is CC1(C)OB(c2ccc(C3(O)CC4CCC(C3)N4Cc3ccccc3)nc2)OC1(C)C. The molecule has 1 aromatic heterocycles. The van der Waals surface area contributed by atoms with Crippen molar-refractivity contribution in [2.75, 3.05) is 0 Å². The van der Waals surface area contributed by atoms with Crippen LogP contribution in [0.25, 0.3) is 0 Å². The van der Waals surface area contributed by atoms with E-state index in [-0.39, 0.29) is 11.2 Å². The molecule has 2 bridgehead atoms. The Kier molecular flexibility index (Phi) is 5.05. The van der Waals surface area contributed by atoms with Gasteiger partial charge in [-0.15, -0.1) is 0 Å². The minimum Gasteiger partial charge on any atom is -0.399 e. The average molecular weight is 420 g/mol. The monoisotopic (exact) mass is 420 g/mol. The summed E-state index contributed by atoms with van der Waals surface area (Å²) >= 11 is 0. The molecule has 164 valence electrons. The molecule has 6 heteroatoms. The lowest BCUT2D eigenvalue weighted by molar-refractivity contribution is -0.0623. The summed E-state index contributed by atoms with van der Waals surface area (Å²) in [5, 5.41) is 11.6. The number of pyridine rings is 1. The van der Waals surface area contributed by atoms with Crippen molar-refractivity contribution in [3.63, 3.8) is 0 Å². The smallest absolute Gasteiger partial charge is 0.399 e. The van der Waals surface area contributed by atoms with E-state index in [4.69, 9.17) is 14.3 Å². The highest BCUT2D eigenvalue weighted by molar-refractivity contribution is 6.62. The average Bonchev–Trinajstić information content (AvgIpc) is 3.10. The molecular weight excluding hydrogens is 387 g/mol. The maximum Gasteiger partial charge on any atom is 0.496 e. The minimum absolute atomic E-state index is 0.376. The lowest BCUT2D eigenvalue weighted by Gasteiger charge is -2.43. The van der Waals surface area contributed by atoms with Gasteiger partial charge in [0.25, 0.3) is 0 Å². The molecule has 2 atom stereocenters. The van der Waals surface area contributed by atoms with Gasteiger partial charge >= 0.3 is 7.12 Å². The van der Waals surface area contributed by atoms with E-state index in [0.717, 1.165) is 43.4 Å². The Morgan fingerprint density at radius 3 is 2.13 bits per heavy atom. The zero-order valence-corrected chi connectivity index (χ0v) is 19.0.